The van der Waals surface area contributed by atoms with E-state index in [-0.39, 0.29) is 17.9 Å². The normalized spacial score (nSPS) is 20.5. The number of aliphatic hydroxyl groups is 1. The van der Waals surface area contributed by atoms with Gasteiger partial charge in [0.05, 0.1) is 0 Å². The lowest BCUT2D eigenvalue weighted by atomic mass is 9.68. The Labute approximate surface area is 131 Å². The molecule has 2 aromatic carbocycles. The van der Waals surface area contributed by atoms with E-state index in [4.69, 9.17) is 0 Å². The molecule has 0 bridgehead atoms. The Morgan fingerprint density at radius 1 is 1.14 bits per heavy atom. The average molecular weight is 295 g/mol. The van der Waals surface area contributed by atoms with Crippen LogP contribution in [0.25, 0.3) is 0 Å². The summed E-state index contributed by atoms with van der Waals surface area (Å²) in [5, 5.41) is 9.69. The molecule has 0 radical (unpaired) electrons. The minimum absolute atomic E-state index is 0.0766. The van der Waals surface area contributed by atoms with E-state index in [0.29, 0.717) is 19.5 Å². The summed E-state index contributed by atoms with van der Waals surface area (Å²) in [5.74, 6) is 0.0766. The summed E-state index contributed by atoms with van der Waals surface area (Å²) in [6.07, 6.45) is 0.609. The van der Waals surface area contributed by atoms with Gasteiger partial charge in [-0.15, -0.1) is 0 Å². The third-order valence-electron chi connectivity index (χ3n) is 4.67. The fraction of sp³-hybridized carbons (Fsp3) is 0.316. The number of fused-ring (bicyclic) bond motifs is 1. The molecule has 2 aromatic rings. The Morgan fingerprint density at radius 2 is 1.82 bits per heavy atom. The molecule has 0 aromatic heterocycles. The number of nitrogens with zero attached hydrogens (tertiary/aromatic N) is 1. The predicted octanol–water partition coefficient (Wildman–Crippen LogP) is 2.72. The van der Waals surface area contributed by atoms with Crippen molar-refractivity contribution in [3.8, 4) is 0 Å². The van der Waals surface area contributed by atoms with Gasteiger partial charge in [-0.2, -0.15) is 0 Å². The molecule has 0 saturated heterocycles. The fourth-order valence-electron chi connectivity index (χ4n) is 3.57. The van der Waals surface area contributed by atoms with Crippen LogP contribution in [0.5, 0.6) is 0 Å². The second-order valence-electron chi connectivity index (χ2n) is 5.95. The third-order valence-corrected chi connectivity index (χ3v) is 4.67. The number of carbonyl (C=O) groups is 1. The zero-order chi connectivity index (χ0) is 15.6. The number of carbonyl (C=O) groups excluding carboxylic acids is 1. The maximum Gasteiger partial charge on any atom is 0.219 e. The van der Waals surface area contributed by atoms with Crippen molar-refractivity contribution in [1.29, 1.82) is 0 Å². The van der Waals surface area contributed by atoms with Crippen LogP contribution in [-0.4, -0.2) is 29.1 Å². The summed E-state index contributed by atoms with van der Waals surface area (Å²) in [6.45, 7) is 2.97. The first-order chi connectivity index (χ1) is 10.7. The highest BCUT2D eigenvalue weighted by Crippen LogP contribution is 2.41. The van der Waals surface area contributed by atoms with Gasteiger partial charge >= 0.3 is 0 Å². The molecule has 3 rings (SSSR count). The maximum absolute atomic E-state index is 12.0. The third kappa shape index (κ3) is 2.42. The highest BCUT2D eigenvalue weighted by atomic mass is 16.3. The highest BCUT2D eigenvalue weighted by molar-refractivity contribution is 5.74. The summed E-state index contributed by atoms with van der Waals surface area (Å²) >= 11 is 0. The first kappa shape index (κ1) is 14.8. The van der Waals surface area contributed by atoms with Crippen molar-refractivity contribution < 1.29 is 9.90 Å². The van der Waals surface area contributed by atoms with E-state index < -0.39 is 0 Å². The first-order valence-electron chi connectivity index (χ1n) is 7.68. The Balaban J connectivity index is 2.20. The van der Waals surface area contributed by atoms with Gasteiger partial charge in [-0.3, -0.25) is 4.79 Å². The van der Waals surface area contributed by atoms with E-state index >= 15 is 0 Å². The van der Waals surface area contributed by atoms with E-state index in [2.05, 4.69) is 24.3 Å². The van der Waals surface area contributed by atoms with Crippen LogP contribution in [0.4, 0.5) is 0 Å². The van der Waals surface area contributed by atoms with Crippen molar-refractivity contribution in [2.75, 3.05) is 13.2 Å². The largest absolute Gasteiger partial charge is 0.396 e. The second-order valence-corrected chi connectivity index (χ2v) is 5.95. The standard InChI is InChI=1S/C19H21NO2/c1-15(22)20-13-16-7-5-6-10-18(16)19(14-20,11-12-21)17-8-3-2-4-9-17/h2-10,21H,11-14H2,1H3. The Kier molecular flexibility index (Phi) is 3.99. The van der Waals surface area contributed by atoms with Crippen LogP contribution < -0.4 is 0 Å². The lowest BCUT2D eigenvalue weighted by molar-refractivity contribution is -0.130. The van der Waals surface area contributed by atoms with Crippen LogP contribution in [0.2, 0.25) is 0 Å². The lowest BCUT2D eigenvalue weighted by Gasteiger charge is -2.44. The van der Waals surface area contributed by atoms with Crippen molar-refractivity contribution in [3.05, 3.63) is 71.3 Å². The second kappa shape index (κ2) is 5.93. The van der Waals surface area contributed by atoms with Crippen LogP contribution in [0.3, 0.4) is 0 Å². The molecule has 22 heavy (non-hydrogen) atoms. The zero-order valence-corrected chi connectivity index (χ0v) is 12.8. The van der Waals surface area contributed by atoms with Crippen molar-refractivity contribution in [2.24, 2.45) is 0 Å². The topological polar surface area (TPSA) is 40.5 Å². The number of aliphatic hydroxyl groups excluding tert-OH is 1. The van der Waals surface area contributed by atoms with Crippen molar-refractivity contribution in [3.63, 3.8) is 0 Å². The summed E-state index contributed by atoms with van der Waals surface area (Å²) in [4.78, 5) is 13.9. The molecular formula is C19H21NO2. The van der Waals surface area contributed by atoms with Gasteiger partial charge in [0.1, 0.15) is 0 Å². The van der Waals surface area contributed by atoms with Crippen LogP contribution in [-0.2, 0) is 16.8 Å². The monoisotopic (exact) mass is 295 g/mol. The summed E-state index contributed by atoms with van der Waals surface area (Å²) in [6, 6.07) is 18.5. The molecule has 1 unspecified atom stereocenters. The van der Waals surface area contributed by atoms with Crippen LogP contribution in [0.15, 0.2) is 54.6 Å². The highest BCUT2D eigenvalue weighted by Gasteiger charge is 2.41. The SMILES string of the molecule is CC(=O)N1Cc2ccccc2C(CCO)(c2ccccc2)C1. The molecule has 1 N–H and O–H groups in total. The van der Waals surface area contributed by atoms with Gasteiger partial charge in [-0.1, -0.05) is 54.6 Å². The van der Waals surface area contributed by atoms with Gasteiger partial charge in [0.15, 0.2) is 0 Å². The molecule has 0 saturated carbocycles. The summed E-state index contributed by atoms with van der Waals surface area (Å²) in [5.41, 5.74) is 3.22. The fourth-order valence-corrected chi connectivity index (χ4v) is 3.57. The molecule has 1 aliphatic rings. The molecule has 0 spiro atoms. The molecule has 1 amide bonds. The van der Waals surface area contributed by atoms with Crippen LogP contribution in [0.1, 0.15) is 30.0 Å². The van der Waals surface area contributed by atoms with E-state index in [9.17, 15) is 9.90 Å². The van der Waals surface area contributed by atoms with E-state index in [0.717, 1.165) is 5.56 Å². The molecule has 114 valence electrons. The Morgan fingerprint density at radius 3 is 2.50 bits per heavy atom. The van der Waals surface area contributed by atoms with Gasteiger partial charge in [0.2, 0.25) is 5.91 Å². The first-order valence-corrected chi connectivity index (χ1v) is 7.68. The number of rotatable bonds is 3. The molecule has 1 atom stereocenters. The van der Waals surface area contributed by atoms with E-state index in [1.807, 2.05) is 35.2 Å². The molecular weight excluding hydrogens is 274 g/mol. The van der Waals surface area contributed by atoms with Crippen molar-refractivity contribution >= 4 is 5.91 Å². The van der Waals surface area contributed by atoms with Crippen LogP contribution in [0, 0.1) is 0 Å². The summed E-state index contributed by atoms with van der Waals surface area (Å²) < 4.78 is 0. The maximum atomic E-state index is 12.0. The number of hydrogen-bond donors (Lipinski definition) is 1. The number of benzene rings is 2. The van der Waals surface area contributed by atoms with E-state index in [1.54, 1.807) is 6.92 Å². The molecule has 1 aliphatic heterocycles. The Bertz CT molecular complexity index is 668. The van der Waals surface area contributed by atoms with Gasteiger partial charge < -0.3 is 10.0 Å². The molecule has 3 heteroatoms. The smallest absolute Gasteiger partial charge is 0.219 e. The number of amides is 1. The Hall–Kier alpha value is -2.13. The van der Waals surface area contributed by atoms with Crippen molar-refractivity contribution in [2.45, 2.75) is 25.3 Å². The predicted molar refractivity (Wildman–Crippen MR) is 86.5 cm³/mol. The minimum atomic E-state index is -0.337. The molecule has 3 nitrogen and oxygen atoms in total. The zero-order valence-electron chi connectivity index (χ0n) is 12.8. The van der Waals surface area contributed by atoms with Crippen LogP contribution >= 0.6 is 0 Å². The van der Waals surface area contributed by atoms with Gasteiger partial charge in [-0.05, 0) is 23.1 Å². The molecule has 0 aliphatic carbocycles. The minimum Gasteiger partial charge on any atom is -0.396 e. The van der Waals surface area contributed by atoms with Gasteiger partial charge in [0, 0.05) is 32.0 Å². The van der Waals surface area contributed by atoms with Crippen molar-refractivity contribution in [1.82, 2.24) is 4.90 Å². The quantitative estimate of drug-likeness (QED) is 0.946. The number of hydrogen-bond acceptors (Lipinski definition) is 2. The van der Waals surface area contributed by atoms with Gasteiger partial charge in [0.25, 0.3) is 0 Å². The van der Waals surface area contributed by atoms with Gasteiger partial charge in [-0.25, -0.2) is 0 Å². The van der Waals surface area contributed by atoms with E-state index in [1.165, 1.54) is 11.1 Å². The summed E-state index contributed by atoms with van der Waals surface area (Å²) in [7, 11) is 0. The molecule has 0 fully saturated rings. The molecule has 1 heterocycles. The average Bonchev–Trinajstić information content (AvgIpc) is 2.55. The lowest BCUT2D eigenvalue weighted by Crippen LogP contribution is -2.48.